The van der Waals surface area contributed by atoms with Crippen molar-refractivity contribution in [1.82, 2.24) is 10.2 Å². The molecule has 0 saturated carbocycles. The van der Waals surface area contributed by atoms with Gasteiger partial charge in [0.2, 0.25) is 0 Å². The van der Waals surface area contributed by atoms with Gasteiger partial charge in [0.05, 0.1) is 6.10 Å². The zero-order chi connectivity index (χ0) is 16.1. The van der Waals surface area contributed by atoms with Crippen LogP contribution in [0.4, 0.5) is 4.39 Å². The minimum absolute atomic E-state index is 0.0177. The third-order valence-electron chi connectivity index (χ3n) is 3.87. The molecule has 0 aromatic heterocycles. The van der Waals surface area contributed by atoms with Crippen LogP contribution in [-0.4, -0.2) is 41.1 Å². The molecule has 2 N–H and O–H groups in total. The number of carbonyl (C=O) groups excluding carboxylic acids is 1. The molecule has 2 unspecified atom stereocenters. The van der Waals surface area contributed by atoms with E-state index in [1.54, 1.807) is 13.8 Å². The molecular weight excluding hydrogens is 283 g/mol. The number of hydrogen-bond acceptors (Lipinski definition) is 3. The lowest BCUT2D eigenvalue weighted by atomic mass is 10.1. The van der Waals surface area contributed by atoms with Crippen LogP contribution in [0, 0.1) is 0 Å². The molecule has 1 fully saturated rings. The monoisotopic (exact) mass is 306 g/mol. The molecule has 0 spiro atoms. The van der Waals surface area contributed by atoms with E-state index < -0.39 is 17.8 Å². The number of allylic oxidation sites excluding steroid dienone is 1. The summed E-state index contributed by atoms with van der Waals surface area (Å²) in [6.45, 7) is 4.75. The van der Waals surface area contributed by atoms with Gasteiger partial charge in [0.1, 0.15) is 0 Å². The predicted octanol–water partition coefficient (Wildman–Crippen LogP) is 2.00. The number of aliphatic hydroxyl groups is 1. The highest BCUT2D eigenvalue weighted by Crippen LogP contribution is 2.20. The number of halogens is 1. The number of nitrogens with zero attached hydrogens (tertiary/aromatic N) is 1. The van der Waals surface area contributed by atoms with Crippen LogP contribution in [0.5, 0.6) is 0 Å². The van der Waals surface area contributed by atoms with Gasteiger partial charge in [-0.15, -0.1) is 0 Å². The smallest absolute Gasteiger partial charge is 0.280 e. The summed E-state index contributed by atoms with van der Waals surface area (Å²) in [4.78, 5) is 13.8. The van der Waals surface area contributed by atoms with Crippen LogP contribution < -0.4 is 5.32 Å². The molecule has 2 atom stereocenters. The van der Waals surface area contributed by atoms with Crippen LogP contribution in [0.2, 0.25) is 0 Å². The summed E-state index contributed by atoms with van der Waals surface area (Å²) in [6, 6.07) is 9.99. The lowest BCUT2D eigenvalue weighted by Gasteiger charge is -2.24. The Morgan fingerprint density at radius 2 is 2.05 bits per heavy atom. The van der Waals surface area contributed by atoms with Crippen molar-refractivity contribution < 1.29 is 14.3 Å². The van der Waals surface area contributed by atoms with Crippen molar-refractivity contribution in [3.05, 3.63) is 47.3 Å². The van der Waals surface area contributed by atoms with E-state index in [9.17, 15) is 14.3 Å². The second-order valence-electron chi connectivity index (χ2n) is 5.98. The largest absolute Gasteiger partial charge is 0.392 e. The first kappa shape index (κ1) is 16.6. The molecule has 1 amide bonds. The number of hydrogen-bond donors (Lipinski definition) is 2. The highest BCUT2D eigenvalue weighted by Gasteiger charge is 2.31. The maximum atomic E-state index is 13.5. The third kappa shape index (κ3) is 4.39. The molecule has 1 aliphatic rings. The summed E-state index contributed by atoms with van der Waals surface area (Å²) in [5, 5.41) is 12.5. The molecule has 4 nitrogen and oxygen atoms in total. The quantitative estimate of drug-likeness (QED) is 0.818. The zero-order valence-corrected chi connectivity index (χ0v) is 13.1. The molecule has 0 bridgehead atoms. The fraction of sp³-hybridized carbons (Fsp3) is 0.471. The Morgan fingerprint density at radius 3 is 2.68 bits per heavy atom. The van der Waals surface area contributed by atoms with Crippen molar-refractivity contribution in [3.8, 4) is 0 Å². The molecule has 1 heterocycles. The summed E-state index contributed by atoms with van der Waals surface area (Å²) in [7, 11) is 0. The standard InChI is InChI=1S/C17H23FN2O2/c1-12(2)16(18)17(22)19-9-14-8-15(21)11-20(14)10-13-6-4-3-5-7-13/h3-7,14-15,21H,8-11H2,1-2H3,(H,19,22). The van der Waals surface area contributed by atoms with E-state index in [0.29, 0.717) is 31.6 Å². The number of β-amino-alcohol motifs (C(OH)–C–C–N with tert-alkyl or cyclic N) is 1. The maximum Gasteiger partial charge on any atom is 0.280 e. The van der Waals surface area contributed by atoms with Crippen molar-refractivity contribution in [3.63, 3.8) is 0 Å². The number of rotatable bonds is 5. The molecule has 5 heteroatoms. The first-order valence-corrected chi connectivity index (χ1v) is 7.54. The second-order valence-corrected chi connectivity index (χ2v) is 5.98. The molecule has 1 aliphatic heterocycles. The molecule has 22 heavy (non-hydrogen) atoms. The first-order valence-electron chi connectivity index (χ1n) is 7.54. The van der Waals surface area contributed by atoms with Crippen molar-refractivity contribution >= 4 is 5.91 Å². The fourth-order valence-corrected chi connectivity index (χ4v) is 2.70. The normalized spacial score (nSPS) is 21.6. The van der Waals surface area contributed by atoms with Crippen LogP contribution >= 0.6 is 0 Å². The van der Waals surface area contributed by atoms with E-state index in [1.807, 2.05) is 30.3 Å². The van der Waals surface area contributed by atoms with Gasteiger partial charge in [-0.05, 0) is 31.4 Å². The van der Waals surface area contributed by atoms with Gasteiger partial charge in [-0.1, -0.05) is 30.3 Å². The number of carbonyl (C=O) groups is 1. The lowest BCUT2D eigenvalue weighted by molar-refractivity contribution is -0.119. The van der Waals surface area contributed by atoms with E-state index in [4.69, 9.17) is 0 Å². The molecule has 0 aliphatic carbocycles. The molecule has 1 saturated heterocycles. The number of amides is 1. The van der Waals surface area contributed by atoms with Crippen LogP contribution in [0.15, 0.2) is 41.7 Å². The Labute approximate surface area is 130 Å². The minimum Gasteiger partial charge on any atom is -0.392 e. The Morgan fingerprint density at radius 1 is 1.36 bits per heavy atom. The van der Waals surface area contributed by atoms with Crippen molar-refractivity contribution in [1.29, 1.82) is 0 Å². The average molecular weight is 306 g/mol. The van der Waals surface area contributed by atoms with Gasteiger partial charge in [-0.2, -0.15) is 0 Å². The van der Waals surface area contributed by atoms with Crippen LogP contribution in [0.1, 0.15) is 25.8 Å². The van der Waals surface area contributed by atoms with E-state index in [-0.39, 0.29) is 6.04 Å². The average Bonchev–Trinajstić information content (AvgIpc) is 2.84. The van der Waals surface area contributed by atoms with E-state index in [2.05, 4.69) is 10.2 Å². The Balaban J connectivity index is 1.94. The van der Waals surface area contributed by atoms with Gasteiger partial charge >= 0.3 is 0 Å². The van der Waals surface area contributed by atoms with Crippen LogP contribution in [0.3, 0.4) is 0 Å². The van der Waals surface area contributed by atoms with Crippen LogP contribution in [0.25, 0.3) is 0 Å². The predicted molar refractivity (Wildman–Crippen MR) is 83.8 cm³/mol. The molecule has 0 radical (unpaired) electrons. The zero-order valence-electron chi connectivity index (χ0n) is 13.1. The summed E-state index contributed by atoms with van der Waals surface area (Å²) in [5.74, 6) is -1.41. The van der Waals surface area contributed by atoms with E-state index in [0.717, 1.165) is 5.56 Å². The second kappa shape index (κ2) is 7.51. The van der Waals surface area contributed by atoms with Gasteiger partial charge in [0.25, 0.3) is 5.91 Å². The summed E-state index contributed by atoms with van der Waals surface area (Å²) >= 11 is 0. The topological polar surface area (TPSA) is 52.6 Å². The SMILES string of the molecule is CC(C)=C(F)C(=O)NCC1CC(O)CN1Cc1ccccc1. The molecule has 2 rings (SSSR count). The Kier molecular flexibility index (Phi) is 5.69. The number of nitrogens with one attached hydrogen (secondary N) is 1. The first-order chi connectivity index (χ1) is 10.5. The molecular formula is C17H23FN2O2. The maximum absolute atomic E-state index is 13.5. The fourth-order valence-electron chi connectivity index (χ4n) is 2.70. The summed E-state index contributed by atoms with van der Waals surface area (Å²) in [5.41, 5.74) is 1.52. The van der Waals surface area contributed by atoms with Crippen LogP contribution in [-0.2, 0) is 11.3 Å². The lowest BCUT2D eigenvalue weighted by Crippen LogP contribution is -2.40. The van der Waals surface area contributed by atoms with Gasteiger partial charge in [-0.3, -0.25) is 9.69 Å². The Hall–Kier alpha value is -1.72. The van der Waals surface area contributed by atoms with E-state index >= 15 is 0 Å². The van der Waals surface area contributed by atoms with Gasteiger partial charge < -0.3 is 10.4 Å². The summed E-state index contributed by atoms with van der Waals surface area (Å²) < 4.78 is 13.5. The molecule has 120 valence electrons. The van der Waals surface area contributed by atoms with Crippen molar-refractivity contribution in [2.24, 2.45) is 0 Å². The van der Waals surface area contributed by atoms with E-state index in [1.165, 1.54) is 0 Å². The number of aliphatic hydroxyl groups excluding tert-OH is 1. The summed E-state index contributed by atoms with van der Waals surface area (Å²) in [6.07, 6.45) is 0.183. The third-order valence-corrected chi connectivity index (χ3v) is 3.87. The Bertz CT molecular complexity index is 541. The van der Waals surface area contributed by atoms with Crippen molar-refractivity contribution in [2.45, 2.75) is 39.0 Å². The number of likely N-dealkylation sites (tertiary alicyclic amines) is 1. The molecule has 1 aromatic carbocycles. The highest BCUT2D eigenvalue weighted by atomic mass is 19.1. The number of benzene rings is 1. The van der Waals surface area contributed by atoms with Crippen molar-refractivity contribution in [2.75, 3.05) is 13.1 Å². The highest BCUT2D eigenvalue weighted by molar-refractivity contribution is 5.91. The van der Waals surface area contributed by atoms with Gasteiger partial charge in [-0.25, -0.2) is 4.39 Å². The minimum atomic E-state index is -0.729. The van der Waals surface area contributed by atoms with Gasteiger partial charge in [0, 0.05) is 25.7 Å². The van der Waals surface area contributed by atoms with Gasteiger partial charge in [0.15, 0.2) is 5.83 Å². The molecule has 1 aromatic rings.